The van der Waals surface area contributed by atoms with Crippen LogP contribution >= 0.6 is 0 Å². The van der Waals surface area contributed by atoms with Crippen LogP contribution < -0.4 is 5.73 Å². The van der Waals surface area contributed by atoms with Crippen molar-refractivity contribution >= 4 is 9.84 Å². The Labute approximate surface area is 130 Å². The molecule has 0 aliphatic heterocycles. The molecule has 6 nitrogen and oxygen atoms in total. The van der Waals surface area contributed by atoms with E-state index in [9.17, 15) is 8.42 Å². The average molecular weight is 323 g/mol. The Hall–Kier alpha value is -1.73. The van der Waals surface area contributed by atoms with Crippen molar-refractivity contribution in [3.8, 4) is 0 Å². The zero-order chi connectivity index (χ0) is 16.0. The highest BCUT2D eigenvalue weighted by Crippen LogP contribution is 2.18. The van der Waals surface area contributed by atoms with Gasteiger partial charge >= 0.3 is 5.22 Å². The lowest BCUT2D eigenvalue weighted by Crippen LogP contribution is -2.06. The molecule has 0 radical (unpaired) electrons. The molecule has 1 aromatic heterocycles. The topological polar surface area (TPSA) is 99.1 Å². The van der Waals surface area contributed by atoms with Gasteiger partial charge in [-0.05, 0) is 37.4 Å². The molecular weight excluding hydrogens is 302 g/mol. The van der Waals surface area contributed by atoms with Gasteiger partial charge in [-0.25, -0.2) is 8.42 Å². The molecule has 0 saturated heterocycles. The van der Waals surface area contributed by atoms with Gasteiger partial charge in [-0.2, -0.15) is 0 Å². The Balaban J connectivity index is 2.04. The third kappa shape index (κ3) is 4.38. The van der Waals surface area contributed by atoms with E-state index >= 15 is 0 Å². The third-order valence-electron chi connectivity index (χ3n) is 3.42. The number of hydrogen-bond donors (Lipinski definition) is 1. The van der Waals surface area contributed by atoms with Crippen molar-refractivity contribution in [2.24, 2.45) is 5.73 Å². The summed E-state index contributed by atoms with van der Waals surface area (Å²) < 4.78 is 30.0. The molecule has 120 valence electrons. The summed E-state index contributed by atoms with van der Waals surface area (Å²) >= 11 is 0. The second-order valence-corrected chi connectivity index (χ2v) is 7.11. The lowest BCUT2D eigenvalue weighted by atomic mass is 10.1. The van der Waals surface area contributed by atoms with Gasteiger partial charge in [0.2, 0.25) is 15.7 Å². The maximum Gasteiger partial charge on any atom is 0.335 e. The fourth-order valence-corrected chi connectivity index (χ4v) is 3.35. The van der Waals surface area contributed by atoms with Crippen LogP contribution in [0.1, 0.15) is 36.3 Å². The van der Waals surface area contributed by atoms with E-state index in [1.54, 1.807) is 6.07 Å². The van der Waals surface area contributed by atoms with E-state index in [1.807, 2.05) is 25.1 Å². The van der Waals surface area contributed by atoms with E-state index in [0.717, 1.165) is 30.4 Å². The summed E-state index contributed by atoms with van der Waals surface area (Å²) in [5.41, 5.74) is 7.09. The molecule has 0 unspecified atom stereocenters. The van der Waals surface area contributed by atoms with Crippen molar-refractivity contribution in [3.05, 3.63) is 41.3 Å². The number of nitrogens with two attached hydrogens (primary N) is 1. The zero-order valence-electron chi connectivity index (χ0n) is 12.7. The molecule has 0 aliphatic carbocycles. The van der Waals surface area contributed by atoms with Crippen molar-refractivity contribution in [2.75, 3.05) is 6.54 Å². The van der Waals surface area contributed by atoms with Crippen LogP contribution in [0, 0.1) is 6.92 Å². The number of aromatic nitrogens is 2. The van der Waals surface area contributed by atoms with Crippen LogP contribution in [0.25, 0.3) is 0 Å². The highest BCUT2D eigenvalue weighted by molar-refractivity contribution is 7.90. The van der Waals surface area contributed by atoms with E-state index in [1.165, 1.54) is 0 Å². The first-order chi connectivity index (χ1) is 10.5. The number of rotatable bonds is 8. The van der Waals surface area contributed by atoms with E-state index < -0.39 is 9.84 Å². The largest absolute Gasteiger partial charge is 0.413 e. The van der Waals surface area contributed by atoms with Crippen molar-refractivity contribution < 1.29 is 12.8 Å². The van der Waals surface area contributed by atoms with E-state index in [4.69, 9.17) is 10.2 Å². The fraction of sp³-hybridized carbons (Fsp3) is 0.467. The number of sulfone groups is 1. The van der Waals surface area contributed by atoms with Gasteiger partial charge in [-0.1, -0.05) is 35.8 Å². The Morgan fingerprint density at radius 2 is 1.91 bits per heavy atom. The van der Waals surface area contributed by atoms with Crippen LogP contribution in [-0.4, -0.2) is 25.2 Å². The van der Waals surface area contributed by atoms with E-state index in [2.05, 4.69) is 10.2 Å². The minimum Gasteiger partial charge on any atom is -0.413 e. The summed E-state index contributed by atoms with van der Waals surface area (Å²) in [6.45, 7) is 2.53. The summed E-state index contributed by atoms with van der Waals surface area (Å²) in [7, 11) is -3.61. The molecule has 7 heteroatoms. The maximum atomic E-state index is 12.3. The lowest BCUT2D eigenvalue weighted by molar-refractivity contribution is 0.391. The molecular formula is C15H21N3O3S. The first-order valence-corrected chi connectivity index (χ1v) is 8.98. The normalized spacial score (nSPS) is 11.7. The van der Waals surface area contributed by atoms with Crippen LogP contribution in [0.15, 0.2) is 33.9 Å². The molecule has 0 amide bonds. The monoisotopic (exact) mass is 323 g/mol. The molecule has 2 N–H and O–H groups in total. The van der Waals surface area contributed by atoms with Crippen molar-refractivity contribution in [3.63, 3.8) is 0 Å². The number of nitrogens with zero attached hydrogens (tertiary/aromatic N) is 2. The van der Waals surface area contributed by atoms with Gasteiger partial charge in [0.1, 0.15) is 0 Å². The van der Waals surface area contributed by atoms with Crippen LogP contribution in [0.5, 0.6) is 0 Å². The first-order valence-electron chi connectivity index (χ1n) is 7.32. The van der Waals surface area contributed by atoms with Gasteiger partial charge in [0.05, 0.1) is 5.75 Å². The highest BCUT2D eigenvalue weighted by atomic mass is 32.2. The van der Waals surface area contributed by atoms with Crippen molar-refractivity contribution in [1.82, 2.24) is 10.2 Å². The number of aryl methyl sites for hydroxylation is 2. The summed E-state index contributed by atoms with van der Waals surface area (Å²) in [5, 5.41) is 7.20. The average Bonchev–Trinajstić information content (AvgIpc) is 2.96. The first kappa shape index (κ1) is 16.6. The van der Waals surface area contributed by atoms with Gasteiger partial charge in [0.25, 0.3) is 0 Å². The number of unbranched alkanes of at least 4 members (excludes halogenated alkanes) is 2. The molecule has 2 rings (SSSR count). The Kier molecular flexibility index (Phi) is 5.68. The van der Waals surface area contributed by atoms with E-state index in [0.29, 0.717) is 18.9 Å². The molecule has 0 saturated carbocycles. The minimum absolute atomic E-state index is 0.130. The highest BCUT2D eigenvalue weighted by Gasteiger charge is 2.23. The van der Waals surface area contributed by atoms with Crippen LogP contribution in [0.2, 0.25) is 0 Å². The molecule has 2 aromatic rings. The molecule has 0 fully saturated rings. The fourth-order valence-electron chi connectivity index (χ4n) is 2.10. The zero-order valence-corrected chi connectivity index (χ0v) is 13.5. The molecule has 0 aliphatic rings. The quantitative estimate of drug-likeness (QED) is 0.746. The second-order valence-electron chi connectivity index (χ2n) is 5.25. The van der Waals surface area contributed by atoms with Gasteiger partial charge in [-0.15, -0.1) is 5.10 Å². The van der Waals surface area contributed by atoms with Crippen LogP contribution in [0.4, 0.5) is 0 Å². The van der Waals surface area contributed by atoms with Crippen LogP contribution in [-0.2, 0) is 22.0 Å². The molecule has 1 aromatic carbocycles. The van der Waals surface area contributed by atoms with Gasteiger partial charge < -0.3 is 10.2 Å². The Morgan fingerprint density at radius 3 is 2.64 bits per heavy atom. The van der Waals surface area contributed by atoms with Crippen LogP contribution in [0.3, 0.4) is 0 Å². The minimum atomic E-state index is -3.61. The Bertz CT molecular complexity index is 710. The number of hydrogen-bond acceptors (Lipinski definition) is 6. The third-order valence-corrected chi connectivity index (χ3v) is 4.80. The van der Waals surface area contributed by atoms with Gasteiger partial charge in [0, 0.05) is 6.42 Å². The SMILES string of the molecule is Cc1ccccc1CS(=O)(=O)c1nnc(CCCCCN)o1. The summed E-state index contributed by atoms with van der Waals surface area (Å²) in [6.07, 6.45) is 3.33. The van der Waals surface area contributed by atoms with Gasteiger partial charge in [-0.3, -0.25) is 0 Å². The van der Waals surface area contributed by atoms with Crippen molar-refractivity contribution in [1.29, 1.82) is 0 Å². The molecule has 0 atom stereocenters. The van der Waals surface area contributed by atoms with Gasteiger partial charge in [0.15, 0.2) is 0 Å². The summed E-state index contributed by atoms with van der Waals surface area (Å²) in [4.78, 5) is 0. The van der Waals surface area contributed by atoms with Crippen molar-refractivity contribution in [2.45, 2.75) is 43.6 Å². The predicted octanol–water partition coefficient (Wildman–Crippen LogP) is 2.02. The smallest absolute Gasteiger partial charge is 0.335 e. The summed E-state index contributed by atoms with van der Waals surface area (Å²) in [5.74, 6) is 0.231. The number of benzene rings is 1. The van der Waals surface area contributed by atoms with E-state index in [-0.39, 0.29) is 11.0 Å². The Morgan fingerprint density at radius 1 is 1.14 bits per heavy atom. The predicted molar refractivity (Wildman–Crippen MR) is 83.0 cm³/mol. The molecule has 0 spiro atoms. The lowest BCUT2D eigenvalue weighted by Gasteiger charge is -2.03. The maximum absolute atomic E-state index is 12.3. The molecule has 0 bridgehead atoms. The molecule has 1 heterocycles. The standard InChI is InChI=1S/C15H21N3O3S/c1-12-7-4-5-8-13(12)11-22(19,20)15-18-17-14(21-15)9-3-2-6-10-16/h4-5,7-8H,2-3,6,9-11,16H2,1H3. The summed E-state index contributed by atoms with van der Waals surface area (Å²) in [6, 6.07) is 7.35. The second kappa shape index (κ2) is 7.51. The molecule has 22 heavy (non-hydrogen) atoms.